The molecule has 3 atom stereocenters. The first-order valence-corrected chi connectivity index (χ1v) is 11.3. The Labute approximate surface area is 198 Å². The number of carbonyl (C=O) groups is 1. The molecule has 1 amide bonds. The molecule has 3 aromatic carbocycles. The number of hydrogen-bond acceptors (Lipinski definition) is 4. The Morgan fingerprint density at radius 1 is 1.12 bits per heavy atom. The van der Waals surface area contributed by atoms with E-state index in [1.54, 1.807) is 24.1 Å². The van der Waals surface area contributed by atoms with Crippen molar-refractivity contribution >= 4 is 11.6 Å². The summed E-state index contributed by atoms with van der Waals surface area (Å²) in [4.78, 5) is 15.1. The Balaban J connectivity index is 1.52. The maximum absolute atomic E-state index is 14.4. The third-order valence-electron chi connectivity index (χ3n) is 6.66. The van der Waals surface area contributed by atoms with Gasteiger partial charge in [-0.1, -0.05) is 30.0 Å². The van der Waals surface area contributed by atoms with E-state index >= 15 is 0 Å². The summed E-state index contributed by atoms with van der Waals surface area (Å²) in [5, 5.41) is 13.4. The third-order valence-corrected chi connectivity index (χ3v) is 6.66. The fraction of sp³-hybridized carbons (Fsp3) is 0.250. The standard InChI is InChI=1S/C28H25FN2O3/c1-34-20-6-4-5-18(15-20)9-10-19-11-12-25-23(16-19)27-22(26(17-32)30-25)13-14-31(27)28(33)21-7-2-3-8-24(21)29/h2-8,11-12,15-16,22,26-27,30,32H,13-14,17H2,1H3/t22-,26-,27-/m1/s1. The van der Waals surface area contributed by atoms with Crippen molar-refractivity contribution in [3.8, 4) is 17.6 Å². The van der Waals surface area contributed by atoms with Gasteiger partial charge in [0.2, 0.25) is 0 Å². The fourth-order valence-corrected chi connectivity index (χ4v) is 5.00. The van der Waals surface area contributed by atoms with E-state index in [1.165, 1.54) is 12.1 Å². The number of methoxy groups -OCH3 is 1. The molecule has 1 saturated heterocycles. The molecule has 2 heterocycles. The number of benzene rings is 3. The monoisotopic (exact) mass is 456 g/mol. The molecule has 0 radical (unpaired) electrons. The number of carbonyl (C=O) groups excluding carboxylic acids is 1. The summed E-state index contributed by atoms with van der Waals surface area (Å²) in [5.41, 5.74) is 3.52. The van der Waals surface area contributed by atoms with Crippen LogP contribution in [0.25, 0.3) is 0 Å². The highest BCUT2D eigenvalue weighted by atomic mass is 19.1. The highest BCUT2D eigenvalue weighted by molar-refractivity contribution is 5.95. The van der Waals surface area contributed by atoms with Crippen molar-refractivity contribution in [2.45, 2.75) is 18.5 Å². The minimum absolute atomic E-state index is 0.0230. The van der Waals surface area contributed by atoms with Gasteiger partial charge in [0.1, 0.15) is 11.6 Å². The van der Waals surface area contributed by atoms with Crippen LogP contribution in [0.1, 0.15) is 39.5 Å². The molecular weight excluding hydrogens is 431 g/mol. The van der Waals surface area contributed by atoms with E-state index in [1.807, 2.05) is 42.5 Å². The zero-order valence-corrected chi connectivity index (χ0v) is 18.8. The highest BCUT2D eigenvalue weighted by Crippen LogP contribution is 2.47. The second-order valence-corrected chi connectivity index (χ2v) is 8.59. The van der Waals surface area contributed by atoms with Crippen LogP contribution in [0.15, 0.2) is 66.7 Å². The van der Waals surface area contributed by atoms with Crippen molar-refractivity contribution < 1.29 is 19.0 Å². The van der Waals surface area contributed by atoms with E-state index in [9.17, 15) is 14.3 Å². The molecule has 34 heavy (non-hydrogen) atoms. The summed E-state index contributed by atoms with van der Waals surface area (Å²) in [6.07, 6.45) is 0.724. The van der Waals surface area contributed by atoms with Crippen molar-refractivity contribution in [2.75, 3.05) is 25.6 Å². The number of ether oxygens (including phenoxy) is 1. The van der Waals surface area contributed by atoms with Crippen molar-refractivity contribution in [1.82, 2.24) is 4.90 Å². The molecule has 1 fully saturated rings. The molecule has 2 aliphatic rings. The number of hydrogen-bond donors (Lipinski definition) is 2. The summed E-state index contributed by atoms with van der Waals surface area (Å²) in [6, 6.07) is 19.0. The lowest BCUT2D eigenvalue weighted by molar-refractivity contribution is 0.0696. The number of nitrogens with zero attached hydrogens (tertiary/aromatic N) is 1. The van der Waals surface area contributed by atoms with Crippen molar-refractivity contribution in [3.63, 3.8) is 0 Å². The summed E-state index contributed by atoms with van der Waals surface area (Å²) in [6.45, 7) is 0.458. The molecule has 3 aromatic rings. The smallest absolute Gasteiger partial charge is 0.257 e. The Hall–Kier alpha value is -3.82. The van der Waals surface area contributed by atoms with Gasteiger partial charge in [-0.3, -0.25) is 4.79 Å². The molecule has 5 rings (SSSR count). The lowest BCUT2D eigenvalue weighted by atomic mass is 9.82. The zero-order chi connectivity index (χ0) is 23.7. The van der Waals surface area contributed by atoms with Gasteiger partial charge >= 0.3 is 0 Å². The molecular formula is C28H25FN2O3. The van der Waals surface area contributed by atoms with Gasteiger partial charge in [-0.25, -0.2) is 4.39 Å². The average Bonchev–Trinajstić information content (AvgIpc) is 3.32. The molecule has 0 unspecified atom stereocenters. The lowest BCUT2D eigenvalue weighted by Crippen LogP contribution is -2.43. The van der Waals surface area contributed by atoms with Crippen molar-refractivity contribution in [3.05, 3.63) is 94.8 Å². The van der Waals surface area contributed by atoms with Crippen molar-refractivity contribution in [2.24, 2.45) is 5.92 Å². The summed E-state index contributed by atoms with van der Waals surface area (Å²) in [7, 11) is 1.62. The first kappa shape index (κ1) is 22.0. The van der Waals surface area contributed by atoms with Gasteiger partial charge < -0.3 is 20.1 Å². The second-order valence-electron chi connectivity index (χ2n) is 8.59. The molecule has 0 saturated carbocycles. The average molecular weight is 457 g/mol. The van der Waals surface area contributed by atoms with Gasteiger partial charge in [0.05, 0.1) is 31.4 Å². The largest absolute Gasteiger partial charge is 0.497 e. The van der Waals surface area contributed by atoms with E-state index in [-0.39, 0.29) is 36.1 Å². The topological polar surface area (TPSA) is 61.8 Å². The van der Waals surface area contributed by atoms with Gasteiger partial charge in [-0.05, 0) is 60.5 Å². The molecule has 0 aliphatic carbocycles. The first-order valence-electron chi connectivity index (χ1n) is 11.3. The lowest BCUT2D eigenvalue weighted by Gasteiger charge is -2.39. The number of nitrogens with one attached hydrogen (secondary N) is 1. The maximum Gasteiger partial charge on any atom is 0.257 e. The van der Waals surface area contributed by atoms with E-state index in [4.69, 9.17) is 4.74 Å². The summed E-state index contributed by atoms with van der Waals surface area (Å²) < 4.78 is 19.7. The van der Waals surface area contributed by atoms with E-state index < -0.39 is 5.82 Å². The van der Waals surface area contributed by atoms with Gasteiger partial charge in [0.25, 0.3) is 5.91 Å². The van der Waals surface area contributed by atoms with Crippen LogP contribution in [0, 0.1) is 23.6 Å². The van der Waals surface area contributed by atoms with Crippen LogP contribution in [0.5, 0.6) is 5.75 Å². The Morgan fingerprint density at radius 3 is 2.68 bits per heavy atom. The van der Waals surface area contributed by atoms with Gasteiger partial charge in [0, 0.05) is 29.3 Å². The predicted octanol–water partition coefficient (Wildman–Crippen LogP) is 4.22. The fourth-order valence-electron chi connectivity index (χ4n) is 5.00. The van der Waals surface area contributed by atoms with Crippen LogP contribution in [0.3, 0.4) is 0 Å². The van der Waals surface area contributed by atoms with Crippen LogP contribution in [-0.2, 0) is 0 Å². The van der Waals surface area contributed by atoms with Crippen LogP contribution < -0.4 is 10.1 Å². The normalized spacial score (nSPS) is 20.4. The summed E-state index contributed by atoms with van der Waals surface area (Å²) >= 11 is 0. The minimum atomic E-state index is -0.526. The van der Waals surface area contributed by atoms with E-state index in [0.29, 0.717) is 6.54 Å². The number of amides is 1. The number of likely N-dealkylation sites (tertiary alicyclic amines) is 1. The van der Waals surface area contributed by atoms with Crippen molar-refractivity contribution in [1.29, 1.82) is 0 Å². The number of rotatable bonds is 3. The minimum Gasteiger partial charge on any atom is -0.497 e. The Morgan fingerprint density at radius 2 is 1.91 bits per heavy atom. The zero-order valence-electron chi connectivity index (χ0n) is 18.8. The third kappa shape index (κ3) is 4.00. The SMILES string of the molecule is COc1cccc(C#Cc2ccc3c(c2)[C@H]2[C@H](CCN2C(=O)c2ccccc2F)[C@@H](CO)N3)c1. The Kier molecular flexibility index (Phi) is 5.95. The van der Waals surface area contributed by atoms with Crippen LogP contribution in [-0.4, -0.2) is 42.2 Å². The second kappa shape index (κ2) is 9.20. The maximum atomic E-state index is 14.4. The molecule has 172 valence electrons. The quantitative estimate of drug-likeness (QED) is 0.580. The first-order chi connectivity index (χ1) is 16.6. The molecule has 5 nitrogen and oxygen atoms in total. The Bertz CT molecular complexity index is 1300. The molecule has 0 aromatic heterocycles. The number of fused-ring (bicyclic) bond motifs is 3. The molecule has 0 spiro atoms. The highest BCUT2D eigenvalue weighted by Gasteiger charge is 2.46. The van der Waals surface area contributed by atoms with Gasteiger partial charge in [-0.15, -0.1) is 0 Å². The van der Waals surface area contributed by atoms with E-state index in [0.717, 1.165) is 34.5 Å². The van der Waals surface area contributed by atoms with Crippen LogP contribution in [0.2, 0.25) is 0 Å². The number of aliphatic hydroxyl groups is 1. The molecule has 2 aliphatic heterocycles. The van der Waals surface area contributed by atoms with Gasteiger partial charge in [-0.2, -0.15) is 0 Å². The predicted molar refractivity (Wildman–Crippen MR) is 128 cm³/mol. The molecule has 0 bridgehead atoms. The number of halogens is 1. The van der Waals surface area contributed by atoms with Crippen LogP contribution in [0.4, 0.5) is 10.1 Å². The van der Waals surface area contributed by atoms with Gasteiger partial charge in [0.15, 0.2) is 0 Å². The molecule has 6 heteroatoms. The number of aliphatic hydroxyl groups excluding tert-OH is 1. The number of anilines is 1. The summed E-state index contributed by atoms with van der Waals surface area (Å²) in [5.74, 6) is 6.28. The van der Waals surface area contributed by atoms with Crippen LogP contribution >= 0.6 is 0 Å². The molecule has 2 N–H and O–H groups in total. The van der Waals surface area contributed by atoms with E-state index in [2.05, 4.69) is 17.2 Å².